The smallest absolute Gasteiger partial charge is 0.236 e. The molecule has 3 heterocycles. The lowest BCUT2D eigenvalue weighted by Gasteiger charge is -2.35. The minimum absolute atomic E-state index is 0.203. The van der Waals surface area contributed by atoms with Crippen LogP contribution in [0.2, 0.25) is 0 Å². The Kier molecular flexibility index (Phi) is 4.51. The molecule has 8 heteroatoms. The van der Waals surface area contributed by atoms with Crippen molar-refractivity contribution in [3.63, 3.8) is 0 Å². The Labute approximate surface area is 149 Å². The lowest BCUT2D eigenvalue weighted by atomic mass is 10.2. The minimum Gasteiger partial charge on any atom is -0.467 e. The van der Waals surface area contributed by atoms with E-state index in [0.29, 0.717) is 12.5 Å². The van der Waals surface area contributed by atoms with Gasteiger partial charge in [0.2, 0.25) is 11.1 Å². The first-order valence-corrected chi connectivity index (χ1v) is 8.91. The summed E-state index contributed by atoms with van der Waals surface area (Å²) in [7, 11) is 0. The first-order valence-electron chi connectivity index (χ1n) is 8.13. The van der Waals surface area contributed by atoms with Crippen molar-refractivity contribution in [2.45, 2.75) is 6.54 Å². The average Bonchev–Trinajstić information content (AvgIpc) is 3.33. The van der Waals surface area contributed by atoms with Gasteiger partial charge in [-0.2, -0.15) is 9.36 Å². The van der Waals surface area contributed by atoms with Gasteiger partial charge >= 0.3 is 0 Å². The van der Waals surface area contributed by atoms with Crippen LogP contribution >= 0.6 is 11.5 Å². The summed E-state index contributed by atoms with van der Waals surface area (Å²) in [5.74, 6) is 1.27. The predicted molar refractivity (Wildman–Crippen MR) is 96.8 cm³/mol. The quantitative estimate of drug-likeness (QED) is 0.755. The van der Waals surface area contributed by atoms with Gasteiger partial charge in [0.1, 0.15) is 11.6 Å². The van der Waals surface area contributed by atoms with Gasteiger partial charge in [-0.05, 0) is 36.4 Å². The molecule has 0 saturated carbocycles. The number of hydrogen-bond donors (Lipinski definition) is 1. The SMILES string of the molecule is Fc1ccc(N2CCN(c3nc(NCc4ccco4)ns3)CC2)cc1. The van der Waals surface area contributed by atoms with Crippen molar-refractivity contribution >= 4 is 28.3 Å². The number of nitrogens with zero attached hydrogens (tertiary/aromatic N) is 4. The van der Waals surface area contributed by atoms with Gasteiger partial charge in [0, 0.05) is 43.4 Å². The zero-order valence-electron chi connectivity index (χ0n) is 13.6. The number of anilines is 3. The summed E-state index contributed by atoms with van der Waals surface area (Å²) in [5.41, 5.74) is 1.05. The number of halogens is 1. The van der Waals surface area contributed by atoms with Crippen molar-refractivity contribution < 1.29 is 8.81 Å². The number of furan rings is 1. The van der Waals surface area contributed by atoms with E-state index in [1.54, 1.807) is 6.26 Å². The molecule has 0 spiro atoms. The second-order valence-corrected chi connectivity index (χ2v) is 6.51. The molecule has 2 aromatic heterocycles. The summed E-state index contributed by atoms with van der Waals surface area (Å²) < 4.78 is 22.7. The maximum absolute atomic E-state index is 13.0. The van der Waals surface area contributed by atoms with Crippen LogP contribution in [-0.4, -0.2) is 35.5 Å². The van der Waals surface area contributed by atoms with Crippen LogP contribution in [0.4, 0.5) is 21.2 Å². The van der Waals surface area contributed by atoms with Gasteiger partial charge in [-0.1, -0.05) is 0 Å². The van der Waals surface area contributed by atoms with E-state index >= 15 is 0 Å². The Balaban J connectivity index is 1.32. The van der Waals surface area contributed by atoms with E-state index in [1.807, 2.05) is 24.3 Å². The zero-order valence-corrected chi connectivity index (χ0v) is 14.4. The molecule has 0 radical (unpaired) electrons. The van der Waals surface area contributed by atoms with E-state index < -0.39 is 0 Å². The molecule has 6 nitrogen and oxygen atoms in total. The molecule has 1 fully saturated rings. The lowest BCUT2D eigenvalue weighted by molar-refractivity contribution is 0.517. The summed E-state index contributed by atoms with van der Waals surface area (Å²) in [6, 6.07) is 10.4. The molecule has 0 bridgehead atoms. The van der Waals surface area contributed by atoms with Crippen molar-refractivity contribution in [1.29, 1.82) is 0 Å². The zero-order chi connectivity index (χ0) is 17.1. The molecule has 0 amide bonds. The van der Waals surface area contributed by atoms with Crippen molar-refractivity contribution in [2.75, 3.05) is 41.3 Å². The molecule has 3 aromatic rings. The highest BCUT2D eigenvalue weighted by Gasteiger charge is 2.20. The van der Waals surface area contributed by atoms with Crippen LogP contribution < -0.4 is 15.1 Å². The number of hydrogen-bond acceptors (Lipinski definition) is 7. The summed E-state index contributed by atoms with van der Waals surface area (Å²) >= 11 is 1.40. The van der Waals surface area contributed by atoms with Crippen LogP contribution in [0.1, 0.15) is 5.76 Å². The fourth-order valence-corrected chi connectivity index (χ4v) is 3.50. The monoisotopic (exact) mass is 359 g/mol. The highest BCUT2D eigenvalue weighted by Crippen LogP contribution is 2.23. The van der Waals surface area contributed by atoms with Crippen LogP contribution in [0.15, 0.2) is 47.1 Å². The molecule has 130 valence electrons. The van der Waals surface area contributed by atoms with Crippen molar-refractivity contribution in [3.8, 4) is 0 Å². The maximum atomic E-state index is 13.0. The van der Waals surface area contributed by atoms with Crippen molar-refractivity contribution in [1.82, 2.24) is 9.36 Å². The van der Waals surface area contributed by atoms with E-state index in [0.717, 1.165) is 42.8 Å². The van der Waals surface area contributed by atoms with Crippen LogP contribution in [0.3, 0.4) is 0 Å². The van der Waals surface area contributed by atoms with Gasteiger partial charge in [-0.25, -0.2) is 4.39 Å². The van der Waals surface area contributed by atoms with Crippen LogP contribution in [0, 0.1) is 5.82 Å². The van der Waals surface area contributed by atoms with Crippen molar-refractivity contribution in [2.24, 2.45) is 0 Å². The fourth-order valence-electron chi connectivity index (χ4n) is 2.80. The van der Waals surface area contributed by atoms with E-state index in [-0.39, 0.29) is 5.82 Å². The molecular weight excluding hydrogens is 341 g/mol. The molecule has 1 N–H and O–H groups in total. The number of aromatic nitrogens is 2. The predicted octanol–water partition coefficient (Wildman–Crippen LogP) is 3.21. The van der Waals surface area contributed by atoms with E-state index in [2.05, 4.69) is 24.5 Å². The first kappa shape index (κ1) is 15.9. The second kappa shape index (κ2) is 7.10. The van der Waals surface area contributed by atoms with E-state index in [9.17, 15) is 4.39 Å². The molecule has 0 atom stereocenters. The largest absolute Gasteiger partial charge is 0.467 e. The number of nitrogens with one attached hydrogen (secondary N) is 1. The first-order chi connectivity index (χ1) is 12.3. The molecule has 1 saturated heterocycles. The third-order valence-electron chi connectivity index (χ3n) is 4.16. The Hall–Kier alpha value is -2.61. The Morgan fingerprint density at radius 3 is 2.56 bits per heavy atom. The van der Waals surface area contributed by atoms with Gasteiger partial charge in [-0.15, -0.1) is 0 Å². The standard InChI is InChI=1S/C17H18FN5OS/c18-13-3-5-14(6-4-13)22-7-9-23(10-8-22)17-20-16(21-25-17)19-12-15-2-1-11-24-15/h1-6,11H,7-10,12H2,(H,19,21). The third-order valence-corrected chi connectivity index (χ3v) is 4.94. The van der Waals surface area contributed by atoms with Crippen molar-refractivity contribution in [3.05, 3.63) is 54.2 Å². The molecule has 0 aliphatic carbocycles. The second-order valence-electron chi connectivity index (χ2n) is 5.78. The van der Waals surface area contributed by atoms with E-state index in [4.69, 9.17) is 4.42 Å². The number of benzene rings is 1. The van der Waals surface area contributed by atoms with Crippen LogP contribution in [0.25, 0.3) is 0 Å². The molecule has 4 rings (SSSR count). The minimum atomic E-state index is -0.203. The highest BCUT2D eigenvalue weighted by molar-refractivity contribution is 7.09. The van der Waals surface area contributed by atoms with Crippen LogP contribution in [0.5, 0.6) is 0 Å². The lowest BCUT2D eigenvalue weighted by Crippen LogP contribution is -2.46. The average molecular weight is 359 g/mol. The van der Waals surface area contributed by atoms with Gasteiger partial charge < -0.3 is 19.5 Å². The van der Waals surface area contributed by atoms with E-state index in [1.165, 1.54) is 23.7 Å². The molecule has 1 aromatic carbocycles. The van der Waals surface area contributed by atoms with Gasteiger partial charge in [0.15, 0.2) is 0 Å². The summed E-state index contributed by atoms with van der Waals surface area (Å²) in [5, 5.41) is 4.09. The number of piperazine rings is 1. The summed E-state index contributed by atoms with van der Waals surface area (Å²) in [4.78, 5) is 9.04. The third kappa shape index (κ3) is 3.74. The van der Waals surface area contributed by atoms with Gasteiger partial charge in [-0.3, -0.25) is 0 Å². The molecule has 0 unspecified atom stereocenters. The fraction of sp³-hybridized carbons (Fsp3) is 0.294. The Morgan fingerprint density at radius 1 is 1.08 bits per heavy atom. The molecule has 1 aliphatic rings. The highest BCUT2D eigenvalue weighted by atomic mass is 32.1. The molecular formula is C17H18FN5OS. The van der Waals surface area contributed by atoms with Gasteiger partial charge in [0.05, 0.1) is 12.8 Å². The topological polar surface area (TPSA) is 57.4 Å². The normalized spacial score (nSPS) is 14.8. The molecule has 1 aliphatic heterocycles. The Bertz CT molecular complexity index is 797. The maximum Gasteiger partial charge on any atom is 0.236 e. The number of rotatable bonds is 5. The summed E-state index contributed by atoms with van der Waals surface area (Å²) in [6.07, 6.45) is 1.65. The summed E-state index contributed by atoms with van der Waals surface area (Å²) in [6.45, 7) is 4.05. The molecule has 25 heavy (non-hydrogen) atoms. The van der Waals surface area contributed by atoms with Crippen LogP contribution in [-0.2, 0) is 6.54 Å². The van der Waals surface area contributed by atoms with Gasteiger partial charge in [0.25, 0.3) is 0 Å². The Morgan fingerprint density at radius 2 is 1.84 bits per heavy atom.